The van der Waals surface area contributed by atoms with Gasteiger partial charge in [0.2, 0.25) is 5.91 Å². The van der Waals surface area contributed by atoms with E-state index in [9.17, 15) is 9.59 Å². The molecule has 1 aromatic heterocycles. The van der Waals surface area contributed by atoms with Crippen LogP contribution in [-0.4, -0.2) is 29.4 Å². The summed E-state index contributed by atoms with van der Waals surface area (Å²) in [5.74, 6) is -0.274. The lowest BCUT2D eigenvalue weighted by molar-refractivity contribution is -0.118. The van der Waals surface area contributed by atoms with Crippen molar-refractivity contribution in [1.29, 1.82) is 0 Å². The Balaban J connectivity index is 2.72. The minimum atomic E-state index is -0.466. The molecule has 0 aliphatic heterocycles. The van der Waals surface area contributed by atoms with Crippen LogP contribution < -0.4 is 16.4 Å². The second kappa shape index (κ2) is 6.94. The summed E-state index contributed by atoms with van der Waals surface area (Å²) in [6.45, 7) is 4.31. The third-order valence-electron chi connectivity index (χ3n) is 2.33. The van der Waals surface area contributed by atoms with E-state index >= 15 is 0 Å². The topological polar surface area (TPSA) is 97.1 Å². The fourth-order valence-electron chi connectivity index (χ4n) is 1.52. The van der Waals surface area contributed by atoms with E-state index < -0.39 is 5.91 Å². The molecule has 104 valence electrons. The first kappa shape index (κ1) is 15.2. The Labute approximate surface area is 116 Å². The van der Waals surface area contributed by atoms with Gasteiger partial charge in [-0.05, 0) is 19.9 Å². The molecule has 0 bridgehead atoms. The SMILES string of the molecule is CCNc1ncc(C(=O)NC(C)CC(N)=O)cc1Cl. The number of hydrogen-bond donors (Lipinski definition) is 3. The average Bonchev–Trinajstić information content (AvgIpc) is 2.30. The molecule has 0 spiro atoms. The number of pyridine rings is 1. The molecule has 0 fully saturated rings. The zero-order chi connectivity index (χ0) is 14.4. The highest BCUT2D eigenvalue weighted by molar-refractivity contribution is 6.33. The van der Waals surface area contributed by atoms with Crippen LogP contribution in [0, 0.1) is 0 Å². The molecular formula is C12H17ClN4O2. The van der Waals surface area contributed by atoms with Crippen LogP contribution >= 0.6 is 11.6 Å². The van der Waals surface area contributed by atoms with Crippen LogP contribution in [0.5, 0.6) is 0 Å². The minimum Gasteiger partial charge on any atom is -0.370 e. The number of carbonyl (C=O) groups excluding carboxylic acids is 2. The van der Waals surface area contributed by atoms with Gasteiger partial charge in [-0.1, -0.05) is 11.6 Å². The number of nitrogens with two attached hydrogens (primary N) is 1. The molecule has 0 radical (unpaired) electrons. The summed E-state index contributed by atoms with van der Waals surface area (Å²) < 4.78 is 0. The van der Waals surface area contributed by atoms with Gasteiger partial charge in [-0.2, -0.15) is 0 Å². The molecule has 0 saturated carbocycles. The molecule has 1 heterocycles. The van der Waals surface area contributed by atoms with Crippen molar-refractivity contribution in [1.82, 2.24) is 10.3 Å². The molecule has 7 heteroatoms. The molecule has 1 rings (SSSR count). The number of hydrogen-bond acceptors (Lipinski definition) is 4. The lowest BCUT2D eigenvalue weighted by Gasteiger charge is -2.12. The predicted molar refractivity (Wildman–Crippen MR) is 74.2 cm³/mol. The maximum absolute atomic E-state index is 11.9. The largest absolute Gasteiger partial charge is 0.370 e. The Morgan fingerprint density at radius 3 is 2.74 bits per heavy atom. The number of nitrogens with zero attached hydrogens (tertiary/aromatic N) is 1. The van der Waals surface area contributed by atoms with E-state index in [0.29, 0.717) is 22.9 Å². The Kier molecular flexibility index (Phi) is 5.57. The van der Waals surface area contributed by atoms with Gasteiger partial charge in [0.25, 0.3) is 5.91 Å². The fraction of sp³-hybridized carbons (Fsp3) is 0.417. The first-order valence-electron chi connectivity index (χ1n) is 5.92. The lowest BCUT2D eigenvalue weighted by Crippen LogP contribution is -2.35. The second-order valence-corrected chi connectivity index (χ2v) is 4.54. The highest BCUT2D eigenvalue weighted by Crippen LogP contribution is 2.19. The quantitative estimate of drug-likeness (QED) is 0.730. The summed E-state index contributed by atoms with van der Waals surface area (Å²) in [5, 5.41) is 5.99. The van der Waals surface area contributed by atoms with Gasteiger partial charge in [-0.15, -0.1) is 0 Å². The van der Waals surface area contributed by atoms with Crippen molar-refractivity contribution in [3.05, 3.63) is 22.8 Å². The Morgan fingerprint density at radius 1 is 1.53 bits per heavy atom. The van der Waals surface area contributed by atoms with Crippen LogP contribution in [0.3, 0.4) is 0 Å². The van der Waals surface area contributed by atoms with Crippen molar-refractivity contribution in [2.75, 3.05) is 11.9 Å². The molecule has 1 aromatic rings. The first-order chi connectivity index (χ1) is 8.93. The van der Waals surface area contributed by atoms with E-state index in [1.807, 2.05) is 6.92 Å². The van der Waals surface area contributed by atoms with Gasteiger partial charge in [0, 0.05) is 25.2 Å². The maximum atomic E-state index is 11.9. The van der Waals surface area contributed by atoms with E-state index in [1.165, 1.54) is 12.3 Å². The van der Waals surface area contributed by atoms with Crippen molar-refractivity contribution >= 4 is 29.2 Å². The van der Waals surface area contributed by atoms with Crippen LogP contribution in [0.1, 0.15) is 30.6 Å². The molecule has 2 amide bonds. The number of rotatable bonds is 6. The molecule has 0 aromatic carbocycles. The van der Waals surface area contributed by atoms with E-state index in [-0.39, 0.29) is 18.4 Å². The normalized spacial score (nSPS) is 11.7. The summed E-state index contributed by atoms with van der Waals surface area (Å²) in [4.78, 5) is 26.7. The van der Waals surface area contributed by atoms with Crippen LogP contribution in [0.2, 0.25) is 5.02 Å². The first-order valence-corrected chi connectivity index (χ1v) is 6.30. The molecule has 1 atom stereocenters. The van der Waals surface area contributed by atoms with E-state index in [1.54, 1.807) is 6.92 Å². The Hall–Kier alpha value is -1.82. The highest BCUT2D eigenvalue weighted by atomic mass is 35.5. The minimum absolute atomic E-state index is 0.0857. The lowest BCUT2D eigenvalue weighted by atomic mass is 10.2. The summed E-state index contributed by atoms with van der Waals surface area (Å²) in [6.07, 6.45) is 1.51. The number of aromatic nitrogens is 1. The molecule has 0 saturated heterocycles. The number of carbonyl (C=O) groups is 2. The van der Waals surface area contributed by atoms with Gasteiger partial charge in [0.05, 0.1) is 10.6 Å². The number of halogens is 1. The average molecular weight is 285 g/mol. The van der Waals surface area contributed by atoms with E-state index in [2.05, 4.69) is 15.6 Å². The summed E-state index contributed by atoms with van der Waals surface area (Å²) in [6, 6.07) is 1.19. The summed E-state index contributed by atoms with van der Waals surface area (Å²) >= 11 is 5.99. The van der Waals surface area contributed by atoms with Crippen LogP contribution in [0.4, 0.5) is 5.82 Å². The zero-order valence-electron chi connectivity index (χ0n) is 10.9. The number of primary amides is 1. The number of nitrogens with one attached hydrogen (secondary N) is 2. The molecule has 0 aliphatic rings. The number of amides is 2. The van der Waals surface area contributed by atoms with Crippen molar-refractivity contribution in [3.8, 4) is 0 Å². The molecule has 6 nitrogen and oxygen atoms in total. The van der Waals surface area contributed by atoms with Crippen LogP contribution in [0.15, 0.2) is 12.3 Å². The van der Waals surface area contributed by atoms with Gasteiger partial charge < -0.3 is 16.4 Å². The van der Waals surface area contributed by atoms with Crippen molar-refractivity contribution < 1.29 is 9.59 Å². The smallest absolute Gasteiger partial charge is 0.253 e. The summed E-state index contributed by atoms with van der Waals surface area (Å²) in [5.41, 5.74) is 5.39. The predicted octanol–water partition coefficient (Wildman–Crippen LogP) is 1.16. The van der Waals surface area contributed by atoms with Crippen LogP contribution in [-0.2, 0) is 4.79 Å². The van der Waals surface area contributed by atoms with Gasteiger partial charge in [-0.3, -0.25) is 9.59 Å². The maximum Gasteiger partial charge on any atom is 0.253 e. The van der Waals surface area contributed by atoms with Crippen molar-refractivity contribution in [2.24, 2.45) is 5.73 Å². The molecule has 1 unspecified atom stereocenters. The molecule has 0 aliphatic carbocycles. The third-order valence-corrected chi connectivity index (χ3v) is 2.62. The monoisotopic (exact) mass is 284 g/mol. The van der Waals surface area contributed by atoms with Gasteiger partial charge in [0.1, 0.15) is 5.82 Å². The van der Waals surface area contributed by atoms with Gasteiger partial charge >= 0.3 is 0 Å². The van der Waals surface area contributed by atoms with Gasteiger partial charge in [-0.25, -0.2) is 4.98 Å². The van der Waals surface area contributed by atoms with E-state index in [0.717, 1.165) is 0 Å². The Bertz CT molecular complexity index is 479. The zero-order valence-corrected chi connectivity index (χ0v) is 11.6. The molecule has 19 heavy (non-hydrogen) atoms. The highest BCUT2D eigenvalue weighted by Gasteiger charge is 2.13. The third kappa shape index (κ3) is 4.75. The second-order valence-electron chi connectivity index (χ2n) is 4.13. The molecular weight excluding hydrogens is 268 g/mol. The standard InChI is InChI=1S/C12H17ClN4O2/c1-3-15-11-9(13)5-8(6-16-11)12(19)17-7(2)4-10(14)18/h5-7H,3-4H2,1-2H3,(H2,14,18)(H,15,16)(H,17,19). The fourth-order valence-corrected chi connectivity index (χ4v) is 1.75. The van der Waals surface area contributed by atoms with Crippen molar-refractivity contribution in [2.45, 2.75) is 26.3 Å². The number of anilines is 1. The van der Waals surface area contributed by atoms with E-state index in [4.69, 9.17) is 17.3 Å². The summed E-state index contributed by atoms with van der Waals surface area (Å²) in [7, 11) is 0. The van der Waals surface area contributed by atoms with Gasteiger partial charge in [0.15, 0.2) is 0 Å². The van der Waals surface area contributed by atoms with Crippen LogP contribution in [0.25, 0.3) is 0 Å². The van der Waals surface area contributed by atoms with Crippen molar-refractivity contribution in [3.63, 3.8) is 0 Å². The Morgan fingerprint density at radius 2 is 2.21 bits per heavy atom. The molecule has 4 N–H and O–H groups in total.